The highest BCUT2D eigenvalue weighted by molar-refractivity contribution is 5.82. The Bertz CT molecular complexity index is 724. The van der Waals surface area contributed by atoms with Gasteiger partial charge < -0.3 is 19.3 Å². The van der Waals surface area contributed by atoms with Crippen LogP contribution in [0.15, 0.2) is 12.1 Å². The summed E-state index contributed by atoms with van der Waals surface area (Å²) >= 11 is 0. The van der Waals surface area contributed by atoms with Crippen molar-refractivity contribution in [2.24, 2.45) is 0 Å². The van der Waals surface area contributed by atoms with E-state index in [1.165, 1.54) is 0 Å². The summed E-state index contributed by atoms with van der Waals surface area (Å²) in [6.07, 6.45) is 0.233. The zero-order valence-corrected chi connectivity index (χ0v) is 17.2. The summed E-state index contributed by atoms with van der Waals surface area (Å²) in [5.74, 6) is 0.242. The van der Waals surface area contributed by atoms with Crippen LogP contribution in [0.3, 0.4) is 0 Å². The van der Waals surface area contributed by atoms with E-state index < -0.39 is 0 Å². The molecular formula is C21H30N2O5. The molecule has 154 valence electrons. The normalized spacial score (nSPS) is 14.0. The van der Waals surface area contributed by atoms with Gasteiger partial charge in [-0.05, 0) is 44.4 Å². The summed E-state index contributed by atoms with van der Waals surface area (Å²) in [4.78, 5) is 39.5. The second-order valence-corrected chi connectivity index (χ2v) is 7.01. The zero-order valence-electron chi connectivity index (χ0n) is 17.2. The van der Waals surface area contributed by atoms with Crippen LogP contribution in [0.1, 0.15) is 36.5 Å². The highest BCUT2D eigenvalue weighted by Crippen LogP contribution is 2.25. The second-order valence-electron chi connectivity index (χ2n) is 7.01. The third-order valence-electron chi connectivity index (χ3n) is 5.05. The topological polar surface area (TPSA) is 76.2 Å². The van der Waals surface area contributed by atoms with Crippen LogP contribution in [0.25, 0.3) is 0 Å². The first-order valence-electron chi connectivity index (χ1n) is 9.74. The fourth-order valence-corrected chi connectivity index (χ4v) is 3.18. The van der Waals surface area contributed by atoms with Crippen molar-refractivity contribution in [3.8, 4) is 5.75 Å². The van der Waals surface area contributed by atoms with E-state index in [1.54, 1.807) is 16.7 Å². The van der Waals surface area contributed by atoms with E-state index >= 15 is 0 Å². The largest absolute Gasteiger partial charge is 0.483 e. The molecule has 0 bridgehead atoms. The maximum absolute atomic E-state index is 12.5. The number of aryl methyl sites for hydroxylation is 2. The van der Waals surface area contributed by atoms with Gasteiger partial charge in [0.15, 0.2) is 6.61 Å². The SMILES string of the molecule is CCOC(=O)CCC(=O)N1CCN(C(=O)COc2c(C)ccc(C)c2C)CC1. The lowest BCUT2D eigenvalue weighted by molar-refractivity contribution is -0.146. The first-order valence-corrected chi connectivity index (χ1v) is 9.74. The molecule has 1 aliphatic heterocycles. The van der Waals surface area contributed by atoms with Gasteiger partial charge in [-0.25, -0.2) is 0 Å². The lowest BCUT2D eigenvalue weighted by atomic mass is 10.1. The van der Waals surface area contributed by atoms with Gasteiger partial charge in [0, 0.05) is 32.6 Å². The molecule has 1 fully saturated rings. The average molecular weight is 390 g/mol. The fraction of sp³-hybridized carbons (Fsp3) is 0.571. The molecule has 1 aromatic carbocycles. The van der Waals surface area contributed by atoms with Crippen molar-refractivity contribution in [1.29, 1.82) is 0 Å². The van der Waals surface area contributed by atoms with Crippen molar-refractivity contribution >= 4 is 17.8 Å². The smallest absolute Gasteiger partial charge is 0.306 e. The van der Waals surface area contributed by atoms with E-state index in [2.05, 4.69) is 0 Å². The van der Waals surface area contributed by atoms with Crippen LogP contribution in [-0.2, 0) is 19.1 Å². The minimum Gasteiger partial charge on any atom is -0.483 e. The van der Waals surface area contributed by atoms with Gasteiger partial charge in [0.25, 0.3) is 5.91 Å². The average Bonchev–Trinajstić information content (AvgIpc) is 2.69. The number of carbonyl (C=O) groups is 3. The van der Waals surface area contributed by atoms with Crippen LogP contribution in [0.4, 0.5) is 0 Å². The molecule has 0 spiro atoms. The predicted molar refractivity (Wildman–Crippen MR) is 105 cm³/mol. The molecule has 0 radical (unpaired) electrons. The van der Waals surface area contributed by atoms with E-state index in [0.29, 0.717) is 32.8 Å². The van der Waals surface area contributed by atoms with E-state index in [0.717, 1.165) is 22.4 Å². The van der Waals surface area contributed by atoms with Crippen molar-refractivity contribution in [3.05, 3.63) is 28.8 Å². The Balaban J connectivity index is 1.78. The Morgan fingerprint density at radius 1 is 0.893 bits per heavy atom. The van der Waals surface area contributed by atoms with Gasteiger partial charge in [-0.1, -0.05) is 12.1 Å². The summed E-state index contributed by atoms with van der Waals surface area (Å²) in [7, 11) is 0. The number of esters is 1. The number of benzene rings is 1. The molecule has 0 saturated carbocycles. The quantitative estimate of drug-likeness (QED) is 0.666. The number of carbonyl (C=O) groups excluding carboxylic acids is 3. The van der Waals surface area contributed by atoms with Crippen molar-refractivity contribution in [1.82, 2.24) is 9.80 Å². The van der Waals surface area contributed by atoms with Crippen molar-refractivity contribution in [2.45, 2.75) is 40.5 Å². The van der Waals surface area contributed by atoms with Crippen molar-refractivity contribution in [2.75, 3.05) is 39.4 Å². The molecule has 1 aromatic rings. The Hall–Kier alpha value is -2.57. The molecule has 0 aromatic heterocycles. The number of hydrogen-bond donors (Lipinski definition) is 0. The standard InChI is InChI=1S/C21H30N2O5/c1-5-27-20(26)9-8-18(24)22-10-12-23(13-11-22)19(25)14-28-21-16(3)7-6-15(2)17(21)4/h6-7H,5,8-14H2,1-4H3. The van der Waals surface area contributed by atoms with Crippen LogP contribution < -0.4 is 4.74 Å². The lowest BCUT2D eigenvalue weighted by Gasteiger charge is -2.34. The highest BCUT2D eigenvalue weighted by Gasteiger charge is 2.25. The number of nitrogens with zero attached hydrogens (tertiary/aromatic N) is 2. The van der Waals surface area contributed by atoms with Crippen LogP contribution in [0.5, 0.6) is 5.75 Å². The van der Waals surface area contributed by atoms with E-state index in [4.69, 9.17) is 9.47 Å². The Kier molecular flexibility index (Phi) is 7.84. The molecule has 0 atom stereocenters. The number of rotatable bonds is 7. The van der Waals surface area contributed by atoms with Gasteiger partial charge in [0.2, 0.25) is 5.91 Å². The van der Waals surface area contributed by atoms with Gasteiger partial charge in [0.1, 0.15) is 5.75 Å². The molecule has 0 N–H and O–H groups in total. The minimum atomic E-state index is -0.358. The number of amides is 2. The third kappa shape index (κ3) is 5.71. The molecule has 2 amide bonds. The Morgan fingerprint density at radius 3 is 2.07 bits per heavy atom. The maximum atomic E-state index is 12.5. The molecule has 7 nitrogen and oxygen atoms in total. The Labute approximate surface area is 166 Å². The van der Waals surface area contributed by atoms with Crippen LogP contribution in [-0.4, -0.2) is 67.0 Å². The molecule has 2 rings (SSSR count). The van der Waals surface area contributed by atoms with Crippen molar-refractivity contribution in [3.63, 3.8) is 0 Å². The maximum Gasteiger partial charge on any atom is 0.306 e. The van der Waals surface area contributed by atoms with E-state index in [-0.39, 0.29) is 37.2 Å². The van der Waals surface area contributed by atoms with Crippen molar-refractivity contribution < 1.29 is 23.9 Å². The molecule has 1 aliphatic rings. The highest BCUT2D eigenvalue weighted by atomic mass is 16.5. The number of piperazine rings is 1. The minimum absolute atomic E-state index is 0.0120. The summed E-state index contributed by atoms with van der Waals surface area (Å²) in [5.41, 5.74) is 3.18. The molecule has 28 heavy (non-hydrogen) atoms. The van der Waals surface area contributed by atoms with Crippen LogP contribution >= 0.6 is 0 Å². The second kappa shape index (κ2) is 10.1. The molecule has 0 aliphatic carbocycles. The number of hydrogen-bond acceptors (Lipinski definition) is 5. The van der Waals surface area contributed by atoms with Gasteiger partial charge in [-0.2, -0.15) is 0 Å². The molecule has 7 heteroatoms. The van der Waals surface area contributed by atoms with Gasteiger partial charge in [-0.15, -0.1) is 0 Å². The molecular weight excluding hydrogens is 360 g/mol. The monoisotopic (exact) mass is 390 g/mol. The van der Waals surface area contributed by atoms with Gasteiger partial charge >= 0.3 is 5.97 Å². The first-order chi connectivity index (χ1) is 13.3. The Morgan fingerprint density at radius 2 is 1.46 bits per heavy atom. The predicted octanol–water partition coefficient (Wildman–Crippen LogP) is 2.00. The summed E-state index contributed by atoms with van der Waals surface area (Å²) in [6.45, 7) is 9.89. The molecule has 0 unspecified atom stereocenters. The zero-order chi connectivity index (χ0) is 20.7. The summed E-state index contributed by atoms with van der Waals surface area (Å²) in [6, 6.07) is 4.03. The number of ether oxygens (including phenoxy) is 2. The van der Waals surface area contributed by atoms with Crippen LogP contribution in [0.2, 0.25) is 0 Å². The van der Waals surface area contributed by atoms with Crippen LogP contribution in [0, 0.1) is 20.8 Å². The lowest BCUT2D eigenvalue weighted by Crippen LogP contribution is -2.51. The molecule has 1 saturated heterocycles. The van der Waals surface area contributed by atoms with E-state index in [1.807, 2.05) is 32.9 Å². The summed E-state index contributed by atoms with van der Waals surface area (Å²) in [5, 5.41) is 0. The third-order valence-corrected chi connectivity index (χ3v) is 5.05. The summed E-state index contributed by atoms with van der Waals surface area (Å²) < 4.78 is 10.6. The van der Waals surface area contributed by atoms with Gasteiger partial charge in [0.05, 0.1) is 13.0 Å². The van der Waals surface area contributed by atoms with Gasteiger partial charge in [-0.3, -0.25) is 14.4 Å². The van der Waals surface area contributed by atoms with E-state index in [9.17, 15) is 14.4 Å². The molecule has 1 heterocycles. The fourth-order valence-electron chi connectivity index (χ4n) is 3.18. The first kappa shape index (κ1) is 21.7.